The summed E-state index contributed by atoms with van der Waals surface area (Å²) in [5.41, 5.74) is 0. The Morgan fingerprint density at radius 2 is 2.00 bits per heavy atom. The molecule has 12 heavy (non-hydrogen) atoms. The van der Waals surface area contributed by atoms with Gasteiger partial charge >= 0.3 is 0 Å². The first-order valence-electron chi connectivity index (χ1n) is 3.94. The molecule has 1 aromatic rings. The van der Waals surface area contributed by atoms with Crippen molar-refractivity contribution in [2.75, 3.05) is 0 Å². The van der Waals surface area contributed by atoms with Crippen LogP contribution in [0.1, 0.15) is 12.8 Å². The molecule has 0 radical (unpaired) electrons. The highest BCUT2D eigenvalue weighted by atomic mass is 16.5. The van der Waals surface area contributed by atoms with Crippen molar-refractivity contribution in [3.05, 3.63) is 18.2 Å². The van der Waals surface area contributed by atoms with Crippen molar-refractivity contribution in [2.45, 2.75) is 18.9 Å². The maximum Gasteiger partial charge on any atom is 0.161 e. The molecule has 0 unspecified atom stereocenters. The maximum absolute atomic E-state index is 9.28. The highest BCUT2D eigenvalue weighted by Crippen LogP contribution is 2.34. The monoisotopic (exact) mass is 166 g/mol. The SMILES string of the molecule is Oc1ccc(OC2CC2)c(O)c1. The van der Waals surface area contributed by atoms with Gasteiger partial charge in [-0.15, -0.1) is 0 Å². The van der Waals surface area contributed by atoms with Crippen LogP contribution in [0.25, 0.3) is 0 Å². The molecular weight excluding hydrogens is 156 g/mol. The Morgan fingerprint density at radius 1 is 1.25 bits per heavy atom. The first-order valence-corrected chi connectivity index (χ1v) is 3.94. The van der Waals surface area contributed by atoms with Crippen molar-refractivity contribution in [1.82, 2.24) is 0 Å². The van der Waals surface area contributed by atoms with E-state index in [0.717, 1.165) is 12.8 Å². The Bertz CT molecular complexity index is 292. The van der Waals surface area contributed by atoms with E-state index in [1.807, 2.05) is 0 Å². The average molecular weight is 166 g/mol. The average Bonchev–Trinajstić information content (AvgIpc) is 2.79. The largest absolute Gasteiger partial charge is 0.508 e. The third kappa shape index (κ3) is 1.44. The Labute approximate surface area is 70.2 Å². The van der Waals surface area contributed by atoms with Gasteiger partial charge in [-0.2, -0.15) is 0 Å². The van der Waals surface area contributed by atoms with Crippen LogP contribution >= 0.6 is 0 Å². The van der Waals surface area contributed by atoms with Gasteiger partial charge in [-0.25, -0.2) is 0 Å². The summed E-state index contributed by atoms with van der Waals surface area (Å²) in [4.78, 5) is 0. The van der Waals surface area contributed by atoms with Gasteiger partial charge in [0.05, 0.1) is 6.10 Å². The minimum Gasteiger partial charge on any atom is -0.508 e. The van der Waals surface area contributed by atoms with Crippen molar-refractivity contribution >= 4 is 0 Å². The topological polar surface area (TPSA) is 49.7 Å². The molecule has 0 saturated heterocycles. The Hall–Kier alpha value is -1.38. The number of hydrogen-bond donors (Lipinski definition) is 2. The summed E-state index contributed by atoms with van der Waals surface area (Å²) in [6.07, 6.45) is 2.38. The van der Waals surface area contributed by atoms with Gasteiger partial charge in [0.15, 0.2) is 11.5 Å². The van der Waals surface area contributed by atoms with E-state index in [0.29, 0.717) is 5.75 Å². The molecule has 0 heterocycles. The second-order valence-electron chi connectivity index (χ2n) is 2.97. The molecular formula is C9H10O3. The first kappa shape index (κ1) is 7.28. The number of rotatable bonds is 2. The number of hydrogen-bond acceptors (Lipinski definition) is 3. The number of benzene rings is 1. The van der Waals surface area contributed by atoms with Crippen molar-refractivity contribution in [2.24, 2.45) is 0 Å². The van der Waals surface area contributed by atoms with Gasteiger partial charge in [-0.05, 0) is 25.0 Å². The highest BCUT2D eigenvalue weighted by molar-refractivity contribution is 5.44. The number of phenolic OH excluding ortho intramolecular Hbond substituents is 2. The van der Waals surface area contributed by atoms with Crippen LogP contribution in [0.2, 0.25) is 0 Å². The van der Waals surface area contributed by atoms with Gasteiger partial charge in [0, 0.05) is 6.07 Å². The fourth-order valence-electron chi connectivity index (χ4n) is 0.971. The van der Waals surface area contributed by atoms with E-state index in [9.17, 15) is 5.11 Å². The van der Waals surface area contributed by atoms with Gasteiger partial charge < -0.3 is 14.9 Å². The fourth-order valence-corrected chi connectivity index (χ4v) is 0.971. The van der Waals surface area contributed by atoms with Crippen LogP contribution in [0.3, 0.4) is 0 Å². The summed E-state index contributed by atoms with van der Waals surface area (Å²) >= 11 is 0. The van der Waals surface area contributed by atoms with Crippen LogP contribution in [-0.4, -0.2) is 16.3 Å². The summed E-state index contributed by atoms with van der Waals surface area (Å²) in [5, 5.41) is 18.3. The quantitative estimate of drug-likeness (QED) is 0.702. The number of phenols is 2. The molecule has 0 amide bonds. The molecule has 2 rings (SSSR count). The summed E-state index contributed by atoms with van der Waals surface area (Å²) in [7, 11) is 0. The molecule has 3 heteroatoms. The lowest BCUT2D eigenvalue weighted by Gasteiger charge is -2.05. The van der Waals surface area contributed by atoms with Gasteiger partial charge in [-0.3, -0.25) is 0 Å². The molecule has 1 aliphatic rings. The van der Waals surface area contributed by atoms with E-state index in [4.69, 9.17) is 9.84 Å². The molecule has 1 aromatic carbocycles. The minimum atomic E-state index is 0.00176. The minimum absolute atomic E-state index is 0.00176. The maximum atomic E-state index is 9.28. The Balaban J connectivity index is 2.18. The number of ether oxygens (including phenoxy) is 1. The van der Waals surface area contributed by atoms with Crippen LogP contribution in [-0.2, 0) is 0 Å². The van der Waals surface area contributed by atoms with E-state index < -0.39 is 0 Å². The second-order valence-corrected chi connectivity index (χ2v) is 2.97. The third-order valence-corrected chi connectivity index (χ3v) is 1.76. The molecule has 0 bridgehead atoms. The van der Waals surface area contributed by atoms with E-state index in [1.54, 1.807) is 6.07 Å². The van der Waals surface area contributed by atoms with Gasteiger partial charge in [0.1, 0.15) is 5.75 Å². The molecule has 64 valence electrons. The van der Waals surface area contributed by atoms with Crippen LogP contribution in [0, 0.1) is 0 Å². The Morgan fingerprint density at radius 3 is 2.58 bits per heavy atom. The van der Waals surface area contributed by atoms with E-state index in [1.165, 1.54) is 12.1 Å². The van der Waals surface area contributed by atoms with Gasteiger partial charge in [0.2, 0.25) is 0 Å². The smallest absolute Gasteiger partial charge is 0.161 e. The summed E-state index contributed by atoms with van der Waals surface area (Å²) in [5.74, 6) is 0.507. The van der Waals surface area contributed by atoms with Gasteiger partial charge in [0.25, 0.3) is 0 Å². The zero-order valence-electron chi connectivity index (χ0n) is 6.53. The molecule has 0 spiro atoms. The van der Waals surface area contributed by atoms with Crippen molar-refractivity contribution < 1.29 is 14.9 Å². The van der Waals surface area contributed by atoms with Crippen LogP contribution in [0.15, 0.2) is 18.2 Å². The molecule has 1 fully saturated rings. The summed E-state index contributed by atoms with van der Waals surface area (Å²) in [6.45, 7) is 0. The lowest BCUT2D eigenvalue weighted by molar-refractivity contribution is 0.285. The predicted molar refractivity (Wildman–Crippen MR) is 43.4 cm³/mol. The third-order valence-electron chi connectivity index (χ3n) is 1.76. The molecule has 1 aliphatic carbocycles. The van der Waals surface area contributed by atoms with Crippen LogP contribution < -0.4 is 4.74 Å². The molecule has 1 saturated carbocycles. The zero-order chi connectivity index (χ0) is 8.55. The zero-order valence-corrected chi connectivity index (χ0v) is 6.53. The lowest BCUT2D eigenvalue weighted by atomic mass is 10.3. The van der Waals surface area contributed by atoms with Crippen molar-refractivity contribution in [1.29, 1.82) is 0 Å². The fraction of sp³-hybridized carbons (Fsp3) is 0.333. The molecule has 3 nitrogen and oxygen atoms in total. The van der Waals surface area contributed by atoms with E-state index >= 15 is 0 Å². The van der Waals surface area contributed by atoms with E-state index in [2.05, 4.69) is 0 Å². The van der Waals surface area contributed by atoms with Crippen molar-refractivity contribution in [3.8, 4) is 17.2 Å². The molecule has 0 aliphatic heterocycles. The summed E-state index contributed by atoms with van der Waals surface area (Å²) in [6, 6.07) is 4.35. The normalized spacial score (nSPS) is 16.0. The number of aromatic hydroxyl groups is 2. The van der Waals surface area contributed by atoms with Crippen molar-refractivity contribution in [3.63, 3.8) is 0 Å². The van der Waals surface area contributed by atoms with Gasteiger partial charge in [-0.1, -0.05) is 0 Å². The second kappa shape index (κ2) is 2.59. The molecule has 0 atom stereocenters. The summed E-state index contributed by atoms with van der Waals surface area (Å²) < 4.78 is 5.35. The molecule has 2 N–H and O–H groups in total. The predicted octanol–water partition coefficient (Wildman–Crippen LogP) is 1.64. The first-order chi connectivity index (χ1) is 5.75. The van der Waals surface area contributed by atoms with Crippen LogP contribution in [0.5, 0.6) is 17.2 Å². The van der Waals surface area contributed by atoms with E-state index in [-0.39, 0.29) is 17.6 Å². The molecule has 0 aromatic heterocycles. The van der Waals surface area contributed by atoms with Crippen LogP contribution in [0.4, 0.5) is 0 Å². The highest BCUT2D eigenvalue weighted by Gasteiger charge is 2.24. The standard InChI is InChI=1S/C9H10O3/c10-6-1-4-9(8(11)5-6)12-7-2-3-7/h1,4-5,7,10-11H,2-3H2. The Kier molecular flexibility index (Phi) is 1.57. The lowest BCUT2D eigenvalue weighted by Crippen LogP contribution is -1.95.